The van der Waals surface area contributed by atoms with Gasteiger partial charge in [0, 0.05) is 93.6 Å². The monoisotopic (exact) mass is 1130 g/mol. The summed E-state index contributed by atoms with van der Waals surface area (Å²) in [6, 6.07) is 22.0. The number of rotatable bonds is 22. The fourth-order valence-electron chi connectivity index (χ4n) is 11.4. The van der Waals surface area contributed by atoms with Crippen molar-refractivity contribution < 1.29 is 42.6 Å². The van der Waals surface area contributed by atoms with Crippen molar-refractivity contribution in [2.45, 2.75) is 129 Å². The highest BCUT2D eigenvalue weighted by Crippen LogP contribution is 2.37. The van der Waals surface area contributed by atoms with Gasteiger partial charge in [-0.1, -0.05) is 70.4 Å². The Morgan fingerprint density at radius 3 is 2.21 bits per heavy atom. The van der Waals surface area contributed by atoms with Crippen LogP contribution < -0.4 is 26.2 Å². The number of carbonyl (C=O) groups excluding carboxylic acids is 5. The molecule has 6 N–H and O–H groups in total. The first-order chi connectivity index (χ1) is 38.9. The number of Topliss-reactive ketones (excluding diaryl/α,β-unsaturated/α-hetero) is 1. The van der Waals surface area contributed by atoms with E-state index in [0.717, 1.165) is 77.5 Å². The molecule has 0 radical (unpaired) electrons. The maximum atomic E-state index is 14.2. The minimum Gasteiger partial charge on any atom is -0.393 e. The molecule has 0 bridgehead atoms. The zero-order chi connectivity index (χ0) is 57.2. The topological polar surface area (TPSA) is 211 Å². The zero-order valence-electron chi connectivity index (χ0n) is 46.8. The van der Waals surface area contributed by atoms with Gasteiger partial charge in [-0.05, 0) is 122 Å². The highest BCUT2D eigenvalue weighted by atomic mass is 32.1. The van der Waals surface area contributed by atoms with Crippen molar-refractivity contribution in [2.75, 3.05) is 54.9 Å². The molecule has 0 spiro atoms. The molecular formula is C62H75F2N9O7S. The third-order valence-electron chi connectivity index (χ3n) is 15.9. The van der Waals surface area contributed by atoms with Gasteiger partial charge in [0.25, 0.3) is 5.91 Å². The number of anilines is 3. The second-order valence-electron chi connectivity index (χ2n) is 23.0. The second kappa shape index (κ2) is 26.7. The predicted octanol–water partition coefficient (Wildman–Crippen LogP) is 9.89. The Labute approximate surface area is 476 Å². The molecule has 1 aliphatic carbocycles. The average Bonchev–Trinajstić information content (AvgIpc) is 4.19. The van der Waals surface area contributed by atoms with Gasteiger partial charge >= 0.3 is 0 Å². The molecule has 81 heavy (non-hydrogen) atoms. The maximum absolute atomic E-state index is 14.2. The second-order valence-corrected chi connectivity index (χ2v) is 23.9. The molecular weight excluding hydrogens is 1050 g/mol. The number of aryl methyl sites for hydroxylation is 1. The van der Waals surface area contributed by atoms with Crippen molar-refractivity contribution >= 4 is 68.8 Å². The van der Waals surface area contributed by atoms with E-state index in [9.17, 15) is 37.9 Å². The van der Waals surface area contributed by atoms with E-state index in [4.69, 9.17) is 4.74 Å². The standard InChI is InChI=1S/C62H75F2N9O7S/c1-38-57(81-37-66-38)42-15-12-39(13-16-42)36-65-60(78)50-35-47(74)34-49(50)56(77)58(62(2,3)4)68-54(75)10-8-6-5-7-9-11-55(76)73-24-22-72(23-25-73)46-17-18-48(53(33-46)67-45-20-26-80-27-21-45)61(79)69-59-51-31-40(14-19-52(51)70-71-59)28-41-29-43(63)32-44(64)30-41/h12-19,29-33,37,45,47,49-50,58,67,74H,5-11,20-28,34-36H2,1-4H3,(H,65,78)(H,68,75)(H2,69,70,71,79)/t47-,49?,50+,58+/m0/s1. The van der Waals surface area contributed by atoms with Gasteiger partial charge < -0.3 is 40.9 Å². The van der Waals surface area contributed by atoms with Gasteiger partial charge in [-0.25, -0.2) is 13.8 Å². The molecule has 430 valence electrons. The van der Waals surface area contributed by atoms with Crippen LogP contribution in [0.3, 0.4) is 0 Å². The van der Waals surface area contributed by atoms with E-state index in [-0.39, 0.29) is 61.3 Å². The number of carbonyl (C=O) groups is 5. The van der Waals surface area contributed by atoms with Gasteiger partial charge in [-0.2, -0.15) is 5.10 Å². The zero-order valence-corrected chi connectivity index (χ0v) is 47.6. The molecule has 3 fully saturated rings. The molecule has 2 aliphatic heterocycles. The normalized spacial score (nSPS) is 18.2. The highest BCUT2D eigenvalue weighted by molar-refractivity contribution is 7.13. The first kappa shape index (κ1) is 58.6. The summed E-state index contributed by atoms with van der Waals surface area (Å²) in [6.45, 7) is 11.6. The summed E-state index contributed by atoms with van der Waals surface area (Å²) in [7, 11) is 0. The average molecular weight is 1130 g/mol. The Hall–Kier alpha value is -7.09. The number of hydrogen-bond donors (Lipinski definition) is 6. The number of amides is 4. The Kier molecular flexibility index (Phi) is 19.3. The third kappa shape index (κ3) is 15.3. The number of piperazine rings is 1. The van der Waals surface area contributed by atoms with Crippen LogP contribution in [0.1, 0.15) is 124 Å². The number of fused-ring (bicyclic) bond motifs is 1. The van der Waals surface area contributed by atoms with Crippen LogP contribution in [0.15, 0.2) is 84.4 Å². The van der Waals surface area contributed by atoms with Crippen molar-refractivity contribution in [1.82, 2.24) is 30.7 Å². The van der Waals surface area contributed by atoms with E-state index in [1.54, 1.807) is 11.3 Å². The van der Waals surface area contributed by atoms with Crippen molar-refractivity contribution in [3.05, 3.63) is 124 Å². The maximum Gasteiger partial charge on any atom is 0.258 e. The number of nitrogens with zero attached hydrogens (tertiary/aromatic N) is 4. The van der Waals surface area contributed by atoms with Crippen molar-refractivity contribution in [3.8, 4) is 10.4 Å². The Morgan fingerprint density at radius 1 is 0.815 bits per heavy atom. The number of nitrogens with one attached hydrogen (secondary N) is 5. The number of benzene rings is 4. The van der Waals surface area contributed by atoms with E-state index in [2.05, 4.69) is 41.3 Å². The number of ketones is 1. The van der Waals surface area contributed by atoms with E-state index >= 15 is 0 Å². The van der Waals surface area contributed by atoms with Gasteiger partial charge in [0.05, 0.1) is 45.2 Å². The third-order valence-corrected chi connectivity index (χ3v) is 16.9. The number of aliphatic hydroxyl groups is 1. The number of unbranched alkanes of at least 4 members (excludes halogenated alkanes) is 4. The molecule has 4 heterocycles. The number of aromatic nitrogens is 3. The molecule has 6 aromatic rings. The summed E-state index contributed by atoms with van der Waals surface area (Å²) in [5, 5.41) is 31.3. The molecule has 2 aromatic heterocycles. The van der Waals surface area contributed by atoms with Gasteiger partial charge in [0.2, 0.25) is 17.7 Å². The van der Waals surface area contributed by atoms with E-state index < -0.39 is 41.0 Å². The fourth-order valence-corrected chi connectivity index (χ4v) is 12.2. The smallest absolute Gasteiger partial charge is 0.258 e. The molecule has 19 heteroatoms. The van der Waals surface area contributed by atoms with Gasteiger partial charge in [0.1, 0.15) is 11.6 Å². The lowest BCUT2D eigenvalue weighted by Crippen LogP contribution is -2.52. The lowest BCUT2D eigenvalue weighted by Gasteiger charge is -2.36. The van der Waals surface area contributed by atoms with Crippen molar-refractivity contribution in [2.24, 2.45) is 17.3 Å². The number of H-pyrrole nitrogens is 1. The highest BCUT2D eigenvalue weighted by Gasteiger charge is 2.47. The van der Waals surface area contributed by atoms with E-state index in [1.165, 1.54) is 12.1 Å². The SMILES string of the molecule is Cc1ncsc1-c1ccc(CNC(=O)[C@@H]2C[C@@H](O)CC2C(=O)[C@@H](NC(=O)CCCCCCCC(=O)N2CCN(c3ccc(C(=O)Nc4n[nH]c5ccc(Cc6cc(F)cc(F)c6)cc45)c(NC4CCOCC4)c3)CC2)C(C)(C)C)cc1. The summed E-state index contributed by atoms with van der Waals surface area (Å²) in [4.78, 5) is 78.1. The van der Waals surface area contributed by atoms with E-state index in [1.807, 2.05) is 98.8 Å². The van der Waals surface area contributed by atoms with Crippen LogP contribution in [-0.4, -0.2) is 112 Å². The summed E-state index contributed by atoms with van der Waals surface area (Å²) in [5.74, 6) is -3.35. The molecule has 3 aliphatic rings. The number of aromatic amines is 1. The van der Waals surface area contributed by atoms with Crippen molar-refractivity contribution in [1.29, 1.82) is 0 Å². The number of hydrogen-bond acceptors (Lipinski definition) is 12. The first-order valence-electron chi connectivity index (χ1n) is 28.5. The molecule has 4 amide bonds. The molecule has 4 atom stereocenters. The summed E-state index contributed by atoms with van der Waals surface area (Å²) in [5.41, 5.74) is 8.19. The van der Waals surface area contributed by atoms with Crippen LogP contribution in [0.5, 0.6) is 0 Å². The van der Waals surface area contributed by atoms with Gasteiger partial charge in [0.15, 0.2) is 11.6 Å². The molecule has 1 unspecified atom stereocenters. The lowest BCUT2D eigenvalue weighted by atomic mass is 9.77. The molecule has 16 nitrogen and oxygen atoms in total. The summed E-state index contributed by atoms with van der Waals surface area (Å²) < 4.78 is 33.5. The summed E-state index contributed by atoms with van der Waals surface area (Å²) >= 11 is 1.58. The molecule has 2 saturated heterocycles. The number of thiazole rings is 1. The van der Waals surface area contributed by atoms with Crippen LogP contribution in [0.4, 0.5) is 26.0 Å². The molecule has 9 rings (SSSR count). The minimum absolute atomic E-state index is 0.108. The number of aliphatic hydroxyl groups excluding tert-OH is 1. The Bertz CT molecular complexity index is 3160. The van der Waals surface area contributed by atoms with Crippen molar-refractivity contribution in [3.63, 3.8) is 0 Å². The lowest BCUT2D eigenvalue weighted by molar-refractivity contribution is -0.137. The van der Waals surface area contributed by atoms with Gasteiger partial charge in [-0.15, -0.1) is 11.3 Å². The number of ether oxygens (including phenoxy) is 1. The number of halogens is 2. The van der Waals surface area contributed by atoms with Crippen LogP contribution in [0.25, 0.3) is 21.3 Å². The van der Waals surface area contributed by atoms with Crippen LogP contribution in [-0.2, 0) is 36.9 Å². The van der Waals surface area contributed by atoms with E-state index in [0.29, 0.717) is 92.2 Å². The fraction of sp³-hybridized carbons (Fsp3) is 0.468. The minimum atomic E-state index is -0.827. The van der Waals surface area contributed by atoms with Crippen LogP contribution in [0, 0.1) is 35.8 Å². The first-order valence-corrected chi connectivity index (χ1v) is 29.4. The Balaban J connectivity index is 0.704. The largest absolute Gasteiger partial charge is 0.393 e. The summed E-state index contributed by atoms with van der Waals surface area (Å²) in [6.07, 6.45) is 6.01. The van der Waals surface area contributed by atoms with Crippen LogP contribution in [0.2, 0.25) is 0 Å². The molecule has 4 aromatic carbocycles. The quantitative estimate of drug-likeness (QED) is 0.0352. The molecule has 1 saturated carbocycles. The Morgan fingerprint density at radius 2 is 1.51 bits per heavy atom. The predicted molar refractivity (Wildman–Crippen MR) is 311 cm³/mol. The van der Waals surface area contributed by atoms with Gasteiger partial charge in [-0.3, -0.25) is 29.1 Å². The van der Waals surface area contributed by atoms with Crippen LogP contribution >= 0.6 is 11.3 Å².